The number of fused-ring (bicyclic) bond motifs is 1. The number of aromatic nitrogens is 2. The lowest BCUT2D eigenvalue weighted by Crippen LogP contribution is -2.05. The molecule has 0 radical (unpaired) electrons. The van der Waals surface area contributed by atoms with Crippen molar-refractivity contribution in [3.8, 4) is 0 Å². The van der Waals surface area contributed by atoms with E-state index in [-0.39, 0.29) is 6.04 Å². The minimum Gasteiger partial charge on any atom is -0.334 e. The zero-order valence-electron chi connectivity index (χ0n) is 7.86. The highest BCUT2D eigenvalue weighted by Gasteiger charge is 2.07. The van der Waals surface area contributed by atoms with E-state index in [4.69, 9.17) is 5.73 Å². The first-order valence-corrected chi connectivity index (χ1v) is 4.35. The summed E-state index contributed by atoms with van der Waals surface area (Å²) in [6.45, 7) is 1.98. The van der Waals surface area contributed by atoms with Gasteiger partial charge in [-0.25, -0.2) is 4.98 Å². The highest BCUT2D eigenvalue weighted by atomic mass is 15.0. The Morgan fingerprint density at radius 1 is 1.46 bits per heavy atom. The average Bonchev–Trinajstić information content (AvgIpc) is 2.48. The predicted octanol–water partition coefficient (Wildman–Crippen LogP) is 1.59. The third-order valence-corrected chi connectivity index (χ3v) is 2.28. The van der Waals surface area contributed by atoms with Gasteiger partial charge in [0, 0.05) is 13.1 Å². The first kappa shape index (κ1) is 8.26. The largest absolute Gasteiger partial charge is 0.334 e. The number of nitrogens with zero attached hydrogens (tertiary/aromatic N) is 2. The van der Waals surface area contributed by atoms with E-state index in [1.165, 1.54) is 0 Å². The SMILES string of the molecule is CC(N)c1cccc2c1ncn2C. The Morgan fingerprint density at radius 2 is 2.23 bits per heavy atom. The molecule has 2 rings (SSSR count). The molecule has 2 aromatic rings. The van der Waals surface area contributed by atoms with Gasteiger partial charge in [-0.05, 0) is 18.6 Å². The Bertz CT molecular complexity index is 429. The third kappa shape index (κ3) is 1.21. The maximum absolute atomic E-state index is 5.84. The van der Waals surface area contributed by atoms with Crippen molar-refractivity contribution in [1.82, 2.24) is 9.55 Å². The lowest BCUT2D eigenvalue weighted by Gasteiger charge is -2.05. The second-order valence-corrected chi connectivity index (χ2v) is 3.36. The van der Waals surface area contributed by atoms with Gasteiger partial charge in [0.15, 0.2) is 0 Å². The van der Waals surface area contributed by atoms with Gasteiger partial charge < -0.3 is 10.3 Å². The first-order valence-electron chi connectivity index (χ1n) is 4.35. The molecule has 3 nitrogen and oxygen atoms in total. The summed E-state index contributed by atoms with van der Waals surface area (Å²) >= 11 is 0. The summed E-state index contributed by atoms with van der Waals surface area (Å²) in [5.41, 5.74) is 9.10. The Kier molecular flexibility index (Phi) is 1.81. The highest BCUT2D eigenvalue weighted by Crippen LogP contribution is 2.20. The molecule has 0 aliphatic carbocycles. The number of nitrogens with two attached hydrogens (primary N) is 1. The lowest BCUT2D eigenvalue weighted by atomic mass is 10.1. The molecule has 0 aliphatic rings. The van der Waals surface area contributed by atoms with Crippen LogP contribution in [0.2, 0.25) is 0 Å². The van der Waals surface area contributed by atoms with E-state index in [1.54, 1.807) is 0 Å². The normalized spacial score (nSPS) is 13.5. The van der Waals surface area contributed by atoms with Gasteiger partial charge in [-0.2, -0.15) is 0 Å². The van der Waals surface area contributed by atoms with Crippen molar-refractivity contribution in [2.45, 2.75) is 13.0 Å². The molecule has 1 heterocycles. The van der Waals surface area contributed by atoms with Crippen molar-refractivity contribution in [2.24, 2.45) is 12.8 Å². The average molecular weight is 175 g/mol. The third-order valence-electron chi connectivity index (χ3n) is 2.28. The van der Waals surface area contributed by atoms with Gasteiger partial charge in [0.2, 0.25) is 0 Å². The summed E-state index contributed by atoms with van der Waals surface area (Å²) in [6, 6.07) is 6.13. The van der Waals surface area contributed by atoms with Gasteiger partial charge in [-0.15, -0.1) is 0 Å². The van der Waals surface area contributed by atoms with Gasteiger partial charge in [-0.3, -0.25) is 0 Å². The van der Waals surface area contributed by atoms with Crippen molar-refractivity contribution in [1.29, 1.82) is 0 Å². The predicted molar refractivity (Wildman–Crippen MR) is 53.3 cm³/mol. The summed E-state index contributed by atoms with van der Waals surface area (Å²) < 4.78 is 2.00. The van der Waals surface area contributed by atoms with Crippen LogP contribution in [0.5, 0.6) is 0 Å². The number of hydrogen-bond donors (Lipinski definition) is 1. The molecule has 0 aliphatic heterocycles. The van der Waals surface area contributed by atoms with E-state index in [0.717, 1.165) is 16.6 Å². The van der Waals surface area contributed by atoms with Crippen LogP contribution in [0.3, 0.4) is 0 Å². The molecule has 2 N–H and O–H groups in total. The molecule has 0 amide bonds. The molecule has 1 aromatic carbocycles. The molecule has 13 heavy (non-hydrogen) atoms. The molecular weight excluding hydrogens is 162 g/mol. The van der Waals surface area contributed by atoms with Gasteiger partial charge in [0.05, 0.1) is 17.4 Å². The summed E-state index contributed by atoms with van der Waals surface area (Å²) in [5.74, 6) is 0. The van der Waals surface area contributed by atoms with Crippen LogP contribution < -0.4 is 5.73 Å². The first-order chi connectivity index (χ1) is 6.20. The number of imidazole rings is 1. The fraction of sp³-hybridized carbons (Fsp3) is 0.300. The topological polar surface area (TPSA) is 43.8 Å². The fourth-order valence-corrected chi connectivity index (χ4v) is 1.55. The molecule has 0 spiro atoms. The minimum absolute atomic E-state index is 0.0404. The zero-order valence-corrected chi connectivity index (χ0v) is 7.86. The van der Waals surface area contributed by atoms with Crippen LogP contribution in [-0.2, 0) is 7.05 Å². The summed E-state index contributed by atoms with van der Waals surface area (Å²) in [5, 5.41) is 0. The molecule has 0 fully saturated rings. The summed E-state index contributed by atoms with van der Waals surface area (Å²) in [6.07, 6.45) is 1.82. The number of benzene rings is 1. The maximum atomic E-state index is 5.84. The summed E-state index contributed by atoms with van der Waals surface area (Å²) in [4.78, 5) is 4.32. The second-order valence-electron chi connectivity index (χ2n) is 3.36. The van der Waals surface area contributed by atoms with Crippen LogP contribution in [-0.4, -0.2) is 9.55 Å². The van der Waals surface area contributed by atoms with Crippen molar-refractivity contribution >= 4 is 11.0 Å². The van der Waals surface area contributed by atoms with E-state index in [2.05, 4.69) is 4.98 Å². The van der Waals surface area contributed by atoms with Gasteiger partial charge in [-0.1, -0.05) is 12.1 Å². The standard InChI is InChI=1S/C10H13N3/c1-7(11)8-4-3-5-9-10(8)12-6-13(9)2/h3-7H,11H2,1-2H3. The number of hydrogen-bond acceptors (Lipinski definition) is 2. The second kappa shape index (κ2) is 2.85. The highest BCUT2D eigenvalue weighted by molar-refractivity contribution is 5.79. The lowest BCUT2D eigenvalue weighted by molar-refractivity contribution is 0.824. The molecule has 68 valence electrons. The Hall–Kier alpha value is -1.35. The van der Waals surface area contributed by atoms with E-state index in [1.807, 2.05) is 43.1 Å². The van der Waals surface area contributed by atoms with Crippen molar-refractivity contribution in [2.75, 3.05) is 0 Å². The minimum atomic E-state index is 0.0404. The van der Waals surface area contributed by atoms with Crippen LogP contribution >= 0.6 is 0 Å². The van der Waals surface area contributed by atoms with Crippen molar-refractivity contribution in [3.05, 3.63) is 30.1 Å². The Labute approximate surface area is 77.2 Å². The van der Waals surface area contributed by atoms with Gasteiger partial charge in [0.25, 0.3) is 0 Å². The van der Waals surface area contributed by atoms with Crippen LogP contribution in [0.4, 0.5) is 0 Å². The van der Waals surface area contributed by atoms with E-state index >= 15 is 0 Å². The molecule has 0 bridgehead atoms. The molecule has 0 saturated heterocycles. The van der Waals surface area contributed by atoms with E-state index < -0.39 is 0 Å². The molecule has 0 saturated carbocycles. The maximum Gasteiger partial charge on any atom is 0.0955 e. The quantitative estimate of drug-likeness (QED) is 0.715. The van der Waals surface area contributed by atoms with E-state index in [0.29, 0.717) is 0 Å². The zero-order chi connectivity index (χ0) is 9.42. The Balaban J connectivity index is 2.77. The van der Waals surface area contributed by atoms with Crippen LogP contribution in [0.25, 0.3) is 11.0 Å². The fourth-order valence-electron chi connectivity index (χ4n) is 1.55. The van der Waals surface area contributed by atoms with Crippen LogP contribution in [0.1, 0.15) is 18.5 Å². The molecular formula is C10H13N3. The number of aryl methyl sites for hydroxylation is 1. The Morgan fingerprint density at radius 3 is 2.92 bits per heavy atom. The van der Waals surface area contributed by atoms with Gasteiger partial charge >= 0.3 is 0 Å². The van der Waals surface area contributed by atoms with Gasteiger partial charge in [0.1, 0.15) is 0 Å². The number of rotatable bonds is 1. The van der Waals surface area contributed by atoms with E-state index in [9.17, 15) is 0 Å². The molecule has 3 heteroatoms. The van der Waals surface area contributed by atoms with Crippen molar-refractivity contribution in [3.63, 3.8) is 0 Å². The van der Waals surface area contributed by atoms with Crippen LogP contribution in [0, 0.1) is 0 Å². The van der Waals surface area contributed by atoms with Crippen molar-refractivity contribution < 1.29 is 0 Å². The number of para-hydroxylation sites is 1. The molecule has 1 unspecified atom stereocenters. The monoisotopic (exact) mass is 175 g/mol. The molecule has 1 atom stereocenters. The smallest absolute Gasteiger partial charge is 0.0955 e. The summed E-state index contributed by atoms with van der Waals surface area (Å²) in [7, 11) is 1.99. The van der Waals surface area contributed by atoms with Crippen LogP contribution in [0.15, 0.2) is 24.5 Å². The molecule has 1 aromatic heterocycles.